The zero-order valence-electron chi connectivity index (χ0n) is 12.0. The Hall–Kier alpha value is -1.52. The molecule has 1 fully saturated rings. The molecular weight excluding hydrogens is 248 g/mol. The average molecular weight is 270 g/mol. The van der Waals surface area contributed by atoms with Gasteiger partial charge in [-0.25, -0.2) is 4.98 Å². The fourth-order valence-electron chi connectivity index (χ4n) is 2.75. The monoisotopic (exact) mass is 270 g/mol. The van der Waals surface area contributed by atoms with E-state index in [2.05, 4.69) is 27.2 Å². The molecular formula is C16H22N4. The van der Waals surface area contributed by atoms with Crippen LogP contribution in [0.2, 0.25) is 0 Å². The van der Waals surface area contributed by atoms with Gasteiger partial charge in [-0.1, -0.05) is 12.1 Å². The molecule has 1 aromatic carbocycles. The molecule has 0 saturated carbocycles. The second-order valence-corrected chi connectivity index (χ2v) is 5.73. The highest BCUT2D eigenvalue weighted by molar-refractivity contribution is 5.73. The molecule has 2 heterocycles. The Kier molecular flexibility index (Phi) is 4.23. The maximum Gasteiger partial charge on any atom is 0.0890 e. The van der Waals surface area contributed by atoms with Gasteiger partial charge in [0.15, 0.2) is 0 Å². The average Bonchev–Trinajstić information content (AvgIpc) is 2.49. The van der Waals surface area contributed by atoms with Crippen LogP contribution in [0.15, 0.2) is 30.5 Å². The van der Waals surface area contributed by atoms with Crippen molar-refractivity contribution in [2.75, 3.05) is 26.7 Å². The minimum atomic E-state index is 0.805. The number of nitrogens with one attached hydrogen (secondary N) is 1. The number of rotatable bonds is 4. The largest absolute Gasteiger partial charge is 0.311 e. The molecule has 2 aromatic rings. The van der Waals surface area contributed by atoms with Crippen molar-refractivity contribution in [2.45, 2.75) is 19.4 Å². The fraction of sp³-hybridized carbons (Fsp3) is 0.500. The van der Waals surface area contributed by atoms with E-state index in [-0.39, 0.29) is 0 Å². The molecule has 106 valence electrons. The molecule has 0 bridgehead atoms. The van der Waals surface area contributed by atoms with Gasteiger partial charge in [-0.05, 0) is 57.6 Å². The zero-order valence-corrected chi connectivity index (χ0v) is 12.0. The molecule has 20 heavy (non-hydrogen) atoms. The van der Waals surface area contributed by atoms with Gasteiger partial charge < -0.3 is 10.2 Å². The van der Waals surface area contributed by atoms with Crippen LogP contribution in [0.25, 0.3) is 11.0 Å². The fourth-order valence-corrected chi connectivity index (χ4v) is 2.75. The Morgan fingerprint density at radius 1 is 1.20 bits per heavy atom. The molecule has 1 aliphatic rings. The molecule has 4 nitrogen and oxygen atoms in total. The quantitative estimate of drug-likeness (QED) is 0.923. The molecule has 0 atom stereocenters. The number of likely N-dealkylation sites (tertiary alicyclic amines) is 1. The summed E-state index contributed by atoms with van der Waals surface area (Å²) in [6, 6.07) is 8.02. The molecule has 4 heteroatoms. The minimum Gasteiger partial charge on any atom is -0.311 e. The molecule has 0 radical (unpaired) electrons. The van der Waals surface area contributed by atoms with Crippen molar-refractivity contribution < 1.29 is 0 Å². The van der Waals surface area contributed by atoms with Crippen LogP contribution in [0.4, 0.5) is 0 Å². The minimum absolute atomic E-state index is 0.805. The summed E-state index contributed by atoms with van der Waals surface area (Å²) < 4.78 is 0. The third-order valence-corrected chi connectivity index (χ3v) is 4.08. The van der Waals surface area contributed by atoms with Crippen LogP contribution in [0, 0.1) is 5.92 Å². The smallest absolute Gasteiger partial charge is 0.0890 e. The van der Waals surface area contributed by atoms with E-state index >= 15 is 0 Å². The molecule has 1 saturated heterocycles. The molecule has 3 rings (SSSR count). The predicted octanol–water partition coefficient (Wildman–Crippen LogP) is 2.06. The third kappa shape index (κ3) is 3.32. The van der Waals surface area contributed by atoms with Gasteiger partial charge in [0.2, 0.25) is 0 Å². The summed E-state index contributed by atoms with van der Waals surface area (Å²) in [6.45, 7) is 4.34. The van der Waals surface area contributed by atoms with Gasteiger partial charge in [0.1, 0.15) is 0 Å². The van der Waals surface area contributed by atoms with Crippen LogP contribution in [0.3, 0.4) is 0 Å². The summed E-state index contributed by atoms with van der Waals surface area (Å²) in [6.07, 6.45) is 4.48. The first kappa shape index (κ1) is 13.5. The van der Waals surface area contributed by atoms with Gasteiger partial charge in [0.25, 0.3) is 0 Å². The number of hydrogen-bond donors (Lipinski definition) is 1. The number of fused-ring (bicyclic) bond motifs is 1. The normalized spacial score (nSPS) is 17.6. The molecule has 1 aliphatic heterocycles. The van der Waals surface area contributed by atoms with E-state index in [0.717, 1.165) is 35.7 Å². The van der Waals surface area contributed by atoms with Gasteiger partial charge in [0, 0.05) is 6.54 Å². The Morgan fingerprint density at radius 2 is 1.95 bits per heavy atom. The SMILES string of the molecule is CN1CCC(CNCc2cnc3ccccc3n2)CC1. The van der Waals surface area contributed by atoms with Crippen molar-refractivity contribution in [2.24, 2.45) is 5.92 Å². The summed E-state index contributed by atoms with van der Waals surface area (Å²) in [5.41, 5.74) is 2.97. The molecule has 1 N–H and O–H groups in total. The summed E-state index contributed by atoms with van der Waals surface area (Å²) >= 11 is 0. The van der Waals surface area contributed by atoms with E-state index in [4.69, 9.17) is 0 Å². The molecule has 0 spiro atoms. The first-order chi connectivity index (χ1) is 9.81. The van der Waals surface area contributed by atoms with Crippen LogP contribution in [-0.2, 0) is 6.54 Å². The molecule has 0 amide bonds. The second-order valence-electron chi connectivity index (χ2n) is 5.73. The van der Waals surface area contributed by atoms with Crippen molar-refractivity contribution in [3.05, 3.63) is 36.2 Å². The van der Waals surface area contributed by atoms with E-state index in [1.165, 1.54) is 25.9 Å². The van der Waals surface area contributed by atoms with Gasteiger partial charge >= 0.3 is 0 Å². The third-order valence-electron chi connectivity index (χ3n) is 4.08. The van der Waals surface area contributed by atoms with E-state index < -0.39 is 0 Å². The summed E-state index contributed by atoms with van der Waals surface area (Å²) in [5, 5.41) is 3.53. The van der Waals surface area contributed by atoms with Crippen LogP contribution in [0.5, 0.6) is 0 Å². The first-order valence-electron chi connectivity index (χ1n) is 7.41. The van der Waals surface area contributed by atoms with Gasteiger partial charge in [-0.2, -0.15) is 0 Å². The van der Waals surface area contributed by atoms with Crippen molar-refractivity contribution >= 4 is 11.0 Å². The maximum atomic E-state index is 4.64. The van der Waals surface area contributed by atoms with Crippen LogP contribution in [-0.4, -0.2) is 41.5 Å². The molecule has 0 aliphatic carbocycles. The zero-order chi connectivity index (χ0) is 13.8. The maximum absolute atomic E-state index is 4.64. The molecule has 1 aromatic heterocycles. The first-order valence-corrected chi connectivity index (χ1v) is 7.41. The Bertz CT molecular complexity index is 561. The Labute approximate surface area is 120 Å². The number of nitrogens with zero attached hydrogens (tertiary/aromatic N) is 3. The highest BCUT2D eigenvalue weighted by Gasteiger charge is 2.15. The number of aromatic nitrogens is 2. The Balaban J connectivity index is 1.52. The lowest BCUT2D eigenvalue weighted by molar-refractivity contribution is 0.216. The number of piperidine rings is 1. The van der Waals surface area contributed by atoms with Gasteiger partial charge in [0.05, 0.1) is 22.9 Å². The van der Waals surface area contributed by atoms with Gasteiger partial charge in [-0.15, -0.1) is 0 Å². The standard InChI is InChI=1S/C16H22N4/c1-20-8-6-13(7-9-20)10-17-11-14-12-18-15-4-2-3-5-16(15)19-14/h2-5,12-13,17H,6-11H2,1H3. The van der Waals surface area contributed by atoms with Crippen LogP contribution in [0.1, 0.15) is 18.5 Å². The van der Waals surface area contributed by atoms with E-state index in [1.54, 1.807) is 0 Å². The van der Waals surface area contributed by atoms with Crippen LogP contribution < -0.4 is 5.32 Å². The van der Waals surface area contributed by atoms with E-state index in [1.807, 2.05) is 30.5 Å². The van der Waals surface area contributed by atoms with Gasteiger partial charge in [-0.3, -0.25) is 4.98 Å². The highest BCUT2D eigenvalue weighted by atomic mass is 15.1. The summed E-state index contributed by atoms with van der Waals surface area (Å²) in [5.74, 6) is 0.805. The summed E-state index contributed by atoms with van der Waals surface area (Å²) in [4.78, 5) is 11.5. The van der Waals surface area contributed by atoms with Crippen molar-refractivity contribution in [1.82, 2.24) is 20.2 Å². The number of benzene rings is 1. The highest BCUT2D eigenvalue weighted by Crippen LogP contribution is 2.15. The lowest BCUT2D eigenvalue weighted by atomic mass is 9.97. The molecule has 0 unspecified atom stereocenters. The van der Waals surface area contributed by atoms with Crippen molar-refractivity contribution in [1.29, 1.82) is 0 Å². The summed E-state index contributed by atoms with van der Waals surface area (Å²) in [7, 11) is 2.20. The Morgan fingerprint density at radius 3 is 2.75 bits per heavy atom. The lowest BCUT2D eigenvalue weighted by Crippen LogP contribution is -2.34. The van der Waals surface area contributed by atoms with Crippen LogP contribution >= 0.6 is 0 Å². The van der Waals surface area contributed by atoms with E-state index in [0.29, 0.717) is 0 Å². The van der Waals surface area contributed by atoms with E-state index in [9.17, 15) is 0 Å². The lowest BCUT2D eigenvalue weighted by Gasteiger charge is -2.28. The number of para-hydroxylation sites is 2. The topological polar surface area (TPSA) is 41.0 Å². The second kappa shape index (κ2) is 6.29. The number of hydrogen-bond acceptors (Lipinski definition) is 4. The predicted molar refractivity (Wildman–Crippen MR) is 81.5 cm³/mol. The van der Waals surface area contributed by atoms with Crippen molar-refractivity contribution in [3.63, 3.8) is 0 Å². The van der Waals surface area contributed by atoms with Crippen molar-refractivity contribution in [3.8, 4) is 0 Å².